The van der Waals surface area contributed by atoms with Gasteiger partial charge in [-0.2, -0.15) is 0 Å². The summed E-state index contributed by atoms with van der Waals surface area (Å²) >= 11 is 3.53. The third kappa shape index (κ3) is 4.79. The van der Waals surface area contributed by atoms with Gasteiger partial charge >= 0.3 is 0 Å². The summed E-state index contributed by atoms with van der Waals surface area (Å²) in [4.78, 5) is 11.0. The van der Waals surface area contributed by atoms with Gasteiger partial charge in [-0.05, 0) is 48.3 Å². The highest BCUT2D eigenvalue weighted by molar-refractivity contribution is 9.10. The lowest BCUT2D eigenvalue weighted by Crippen LogP contribution is -2.14. The molecule has 0 saturated carbocycles. The molecule has 0 aliphatic heterocycles. The molecule has 5 heteroatoms. The predicted octanol–water partition coefficient (Wildman–Crippen LogP) is 4.90. The first-order valence-corrected chi connectivity index (χ1v) is 8.43. The van der Waals surface area contributed by atoms with Gasteiger partial charge in [-0.1, -0.05) is 30.3 Å². The van der Waals surface area contributed by atoms with Crippen LogP contribution in [-0.4, -0.2) is 29.8 Å². The maximum Gasteiger partial charge on any atom is 0.228 e. The number of hydrogen-bond donors (Lipinski definition) is 0. The Morgan fingerprint density at radius 2 is 2.04 bits per heavy atom. The number of aliphatic imine (C=N–C) groups is 1. The minimum Gasteiger partial charge on any atom is -0.469 e. The van der Waals surface area contributed by atoms with Crippen LogP contribution >= 0.6 is 15.9 Å². The van der Waals surface area contributed by atoms with Crippen molar-refractivity contribution in [1.82, 2.24) is 9.88 Å². The standard InChI is InChI=1S/C18H22BrN3O/c1-5-22(4)12-20-17-11-16(19)18(21-13(17)2)23-14(3)15-9-7-6-8-10-15/h6-12,14H,5H2,1-4H3/t14-/m1/s1. The molecule has 0 amide bonds. The zero-order chi connectivity index (χ0) is 16.8. The number of rotatable bonds is 6. The first-order valence-electron chi connectivity index (χ1n) is 7.64. The number of ether oxygens (including phenoxy) is 1. The fourth-order valence-electron chi connectivity index (χ4n) is 1.96. The second kappa shape index (κ2) is 8.11. The molecule has 0 bridgehead atoms. The summed E-state index contributed by atoms with van der Waals surface area (Å²) < 4.78 is 6.80. The second-order valence-electron chi connectivity index (χ2n) is 5.37. The summed E-state index contributed by atoms with van der Waals surface area (Å²) in [6.07, 6.45) is 1.74. The highest BCUT2D eigenvalue weighted by atomic mass is 79.9. The van der Waals surface area contributed by atoms with Crippen molar-refractivity contribution in [3.05, 3.63) is 52.1 Å². The number of aromatic nitrogens is 1. The number of nitrogens with zero attached hydrogens (tertiary/aromatic N) is 3. The number of aryl methyl sites for hydroxylation is 1. The monoisotopic (exact) mass is 375 g/mol. The van der Waals surface area contributed by atoms with Gasteiger partial charge in [0.2, 0.25) is 5.88 Å². The summed E-state index contributed by atoms with van der Waals surface area (Å²) in [6.45, 7) is 6.94. The highest BCUT2D eigenvalue weighted by Crippen LogP contribution is 2.32. The van der Waals surface area contributed by atoms with E-state index in [0.717, 1.165) is 28.0 Å². The number of halogens is 1. The van der Waals surface area contributed by atoms with Gasteiger partial charge in [0.1, 0.15) is 6.10 Å². The SMILES string of the molecule is CCN(C)C=Nc1cc(Br)c(O[C@H](C)c2ccccc2)nc1C. The maximum atomic E-state index is 5.99. The molecule has 0 fully saturated rings. The van der Waals surface area contributed by atoms with E-state index in [-0.39, 0.29) is 6.10 Å². The highest BCUT2D eigenvalue weighted by Gasteiger charge is 2.13. The topological polar surface area (TPSA) is 37.7 Å². The van der Waals surface area contributed by atoms with Crippen molar-refractivity contribution in [2.75, 3.05) is 13.6 Å². The Morgan fingerprint density at radius 3 is 2.70 bits per heavy atom. The molecular formula is C18H22BrN3O. The summed E-state index contributed by atoms with van der Waals surface area (Å²) in [7, 11) is 1.99. The molecule has 4 nitrogen and oxygen atoms in total. The van der Waals surface area contributed by atoms with Crippen LogP contribution in [0, 0.1) is 6.92 Å². The molecule has 1 aromatic heterocycles. The molecule has 0 spiro atoms. The normalized spacial score (nSPS) is 12.4. The van der Waals surface area contributed by atoms with Gasteiger partial charge in [-0.3, -0.25) is 0 Å². The lowest BCUT2D eigenvalue weighted by Gasteiger charge is -2.16. The molecule has 0 aliphatic rings. The first-order chi connectivity index (χ1) is 11.0. The van der Waals surface area contributed by atoms with Crippen LogP contribution in [0.2, 0.25) is 0 Å². The van der Waals surface area contributed by atoms with Gasteiger partial charge in [-0.15, -0.1) is 0 Å². The minimum absolute atomic E-state index is 0.0695. The van der Waals surface area contributed by atoms with Crippen molar-refractivity contribution in [3.63, 3.8) is 0 Å². The zero-order valence-electron chi connectivity index (χ0n) is 14.0. The largest absolute Gasteiger partial charge is 0.469 e. The Kier molecular flexibility index (Phi) is 6.16. The Bertz CT molecular complexity index is 673. The Hall–Kier alpha value is -1.88. The van der Waals surface area contributed by atoms with Crippen LogP contribution in [0.1, 0.15) is 31.2 Å². The fraction of sp³-hybridized carbons (Fsp3) is 0.333. The molecule has 2 rings (SSSR count). The zero-order valence-corrected chi connectivity index (χ0v) is 15.5. The average molecular weight is 376 g/mol. The van der Waals surface area contributed by atoms with Gasteiger partial charge in [0, 0.05) is 13.6 Å². The lowest BCUT2D eigenvalue weighted by atomic mass is 10.1. The molecule has 2 aromatic rings. The van der Waals surface area contributed by atoms with Gasteiger partial charge in [-0.25, -0.2) is 9.98 Å². The molecule has 0 radical (unpaired) electrons. The third-order valence-corrected chi connectivity index (χ3v) is 4.13. The summed E-state index contributed by atoms with van der Waals surface area (Å²) in [5.74, 6) is 0.585. The molecule has 0 aliphatic carbocycles. The van der Waals surface area contributed by atoms with E-state index < -0.39 is 0 Å². The number of hydrogen-bond acceptors (Lipinski definition) is 3. The van der Waals surface area contributed by atoms with Crippen LogP contribution in [-0.2, 0) is 0 Å². The van der Waals surface area contributed by atoms with E-state index in [9.17, 15) is 0 Å². The van der Waals surface area contributed by atoms with E-state index in [4.69, 9.17) is 4.74 Å². The van der Waals surface area contributed by atoms with Crippen LogP contribution in [0.5, 0.6) is 5.88 Å². The Labute approximate surface area is 146 Å². The van der Waals surface area contributed by atoms with Crippen molar-refractivity contribution in [2.45, 2.75) is 26.9 Å². The average Bonchev–Trinajstić information content (AvgIpc) is 2.57. The molecular weight excluding hydrogens is 354 g/mol. The van der Waals surface area contributed by atoms with Gasteiger partial charge < -0.3 is 9.64 Å². The van der Waals surface area contributed by atoms with E-state index >= 15 is 0 Å². The molecule has 23 heavy (non-hydrogen) atoms. The smallest absolute Gasteiger partial charge is 0.228 e. The molecule has 0 N–H and O–H groups in total. The fourth-order valence-corrected chi connectivity index (χ4v) is 2.36. The number of pyridine rings is 1. The number of benzene rings is 1. The van der Waals surface area contributed by atoms with Crippen molar-refractivity contribution >= 4 is 28.0 Å². The maximum absolute atomic E-state index is 5.99. The Balaban J connectivity index is 2.18. The van der Waals surface area contributed by atoms with Crippen LogP contribution in [0.4, 0.5) is 5.69 Å². The summed E-state index contributed by atoms with van der Waals surface area (Å²) in [5.41, 5.74) is 2.78. The van der Waals surface area contributed by atoms with Crippen molar-refractivity contribution < 1.29 is 4.74 Å². The van der Waals surface area contributed by atoms with E-state index in [1.165, 1.54) is 0 Å². The van der Waals surface area contributed by atoms with Crippen LogP contribution in [0.3, 0.4) is 0 Å². The summed E-state index contributed by atoms with van der Waals surface area (Å²) in [5, 5.41) is 0. The quantitative estimate of drug-likeness (QED) is 0.531. The molecule has 0 saturated heterocycles. The van der Waals surface area contributed by atoms with Crippen molar-refractivity contribution in [2.24, 2.45) is 4.99 Å². The van der Waals surface area contributed by atoms with Crippen molar-refractivity contribution in [1.29, 1.82) is 0 Å². The van der Waals surface area contributed by atoms with E-state index in [1.807, 2.05) is 68.5 Å². The summed E-state index contributed by atoms with van der Waals surface area (Å²) in [6, 6.07) is 12.0. The van der Waals surface area contributed by atoms with Gasteiger partial charge in [0.05, 0.1) is 22.2 Å². The van der Waals surface area contributed by atoms with E-state index in [1.54, 1.807) is 0 Å². The molecule has 1 atom stereocenters. The molecule has 1 aromatic carbocycles. The van der Waals surface area contributed by atoms with Crippen LogP contribution < -0.4 is 4.74 Å². The molecule has 122 valence electrons. The third-order valence-electron chi connectivity index (χ3n) is 3.56. The van der Waals surface area contributed by atoms with Crippen LogP contribution in [0.25, 0.3) is 0 Å². The predicted molar refractivity (Wildman–Crippen MR) is 98.6 cm³/mol. The second-order valence-corrected chi connectivity index (χ2v) is 6.22. The van der Waals surface area contributed by atoms with Crippen molar-refractivity contribution in [3.8, 4) is 5.88 Å². The Morgan fingerprint density at radius 1 is 1.35 bits per heavy atom. The lowest BCUT2D eigenvalue weighted by molar-refractivity contribution is 0.215. The molecule has 0 unspecified atom stereocenters. The van der Waals surface area contributed by atoms with Gasteiger partial charge in [0.15, 0.2) is 0 Å². The molecule has 1 heterocycles. The van der Waals surface area contributed by atoms with Crippen LogP contribution in [0.15, 0.2) is 45.9 Å². The van der Waals surface area contributed by atoms with E-state index in [0.29, 0.717) is 5.88 Å². The van der Waals surface area contributed by atoms with E-state index in [2.05, 4.69) is 32.8 Å². The minimum atomic E-state index is -0.0695. The van der Waals surface area contributed by atoms with Gasteiger partial charge in [0.25, 0.3) is 0 Å². The first kappa shape index (κ1) is 17.5.